The van der Waals surface area contributed by atoms with E-state index in [1.807, 2.05) is 0 Å². The molecule has 0 aliphatic heterocycles. The quantitative estimate of drug-likeness (QED) is 0.0877. The van der Waals surface area contributed by atoms with Crippen molar-refractivity contribution in [2.24, 2.45) is 5.73 Å². The van der Waals surface area contributed by atoms with Gasteiger partial charge in [0.1, 0.15) is 23.3 Å². The highest BCUT2D eigenvalue weighted by atomic mass is 33.1. The molecule has 1 heterocycles. The third-order valence-corrected chi connectivity index (χ3v) is 5.22. The van der Waals surface area contributed by atoms with Gasteiger partial charge in [0, 0.05) is 29.4 Å². The molecule has 29 heavy (non-hydrogen) atoms. The van der Waals surface area contributed by atoms with Gasteiger partial charge < -0.3 is 25.9 Å². The van der Waals surface area contributed by atoms with E-state index in [1.54, 1.807) is 12.3 Å². The molecule has 0 aliphatic rings. The van der Waals surface area contributed by atoms with Gasteiger partial charge in [-0.1, -0.05) is 23.9 Å². The summed E-state index contributed by atoms with van der Waals surface area (Å²) in [7, 11) is 0.675. The molecule has 0 spiro atoms. The van der Waals surface area contributed by atoms with Crippen LogP contribution in [0.2, 0.25) is 0 Å². The second-order valence-corrected chi connectivity index (χ2v) is 7.45. The van der Waals surface area contributed by atoms with Crippen molar-refractivity contribution in [2.75, 3.05) is 12.3 Å². The number of esters is 1. The normalized spacial score (nSPS) is 12.5. The number of carboxylic acids is 1. The highest BCUT2D eigenvalue weighted by Gasteiger charge is 2.27. The Labute approximate surface area is 186 Å². The zero-order valence-corrected chi connectivity index (χ0v) is 18.4. The lowest BCUT2D eigenvalue weighted by atomic mass is 10.1. The van der Waals surface area contributed by atoms with Gasteiger partial charge in [-0.3, -0.25) is 18.7 Å². The minimum absolute atomic E-state index is 0.0562. The van der Waals surface area contributed by atoms with E-state index in [0.717, 1.165) is 4.31 Å². The average molecular weight is 481 g/mol. The third-order valence-electron chi connectivity index (χ3n) is 3.44. The monoisotopic (exact) mass is 480 g/mol. The number of nitrogens with zero attached hydrogens (tertiary/aromatic N) is 1. The topological polar surface area (TPSA) is 155 Å². The van der Waals surface area contributed by atoms with E-state index in [4.69, 9.17) is 27.8 Å². The number of aliphatic carboxylic acids is 1. The molecule has 0 saturated heterocycles. The molecule has 14 heteroatoms. The van der Waals surface area contributed by atoms with Crippen LogP contribution in [0.3, 0.4) is 0 Å². The van der Waals surface area contributed by atoms with E-state index < -0.39 is 42.4 Å². The minimum Gasteiger partial charge on any atom is -0.480 e. The minimum atomic E-state index is -1.23. The number of thiol groups is 2. The van der Waals surface area contributed by atoms with Crippen molar-refractivity contribution in [2.45, 2.75) is 24.9 Å². The second-order valence-electron chi connectivity index (χ2n) is 5.58. The Bertz CT molecular complexity index is 805. The third kappa shape index (κ3) is 8.65. The Balaban J connectivity index is 2.66. The molecule has 2 unspecified atom stereocenters. The first-order valence-electron chi connectivity index (χ1n) is 8.09. The van der Waals surface area contributed by atoms with E-state index in [9.17, 15) is 19.2 Å². The average Bonchev–Trinajstić information content (AvgIpc) is 2.69. The van der Waals surface area contributed by atoms with Crippen LogP contribution < -0.4 is 15.8 Å². The second kappa shape index (κ2) is 12.7. The number of aromatic nitrogens is 1. The number of rotatable bonds is 11. The van der Waals surface area contributed by atoms with Gasteiger partial charge in [0.25, 0.3) is 5.91 Å². The molecule has 1 rings (SSSR count). The van der Waals surface area contributed by atoms with Crippen molar-refractivity contribution in [3.63, 3.8) is 0 Å². The van der Waals surface area contributed by atoms with Crippen molar-refractivity contribution in [3.05, 3.63) is 23.0 Å². The molecular formula is C15H20N4O6S4. The maximum absolute atomic E-state index is 12.6. The molecule has 0 radical (unpaired) electrons. The van der Waals surface area contributed by atoms with Crippen LogP contribution in [0.25, 0.3) is 0 Å². The van der Waals surface area contributed by atoms with E-state index in [0.29, 0.717) is 11.0 Å². The Morgan fingerprint density at radius 3 is 2.66 bits per heavy atom. The van der Waals surface area contributed by atoms with Crippen LogP contribution in [0.4, 0.5) is 0 Å². The summed E-state index contributed by atoms with van der Waals surface area (Å²) in [5.41, 5.74) is 5.34. The molecule has 1 aromatic heterocycles. The summed E-state index contributed by atoms with van der Waals surface area (Å²) in [6, 6.07) is 0.848. The molecule has 2 amide bonds. The summed E-state index contributed by atoms with van der Waals surface area (Å²) in [5, 5.41) is 11.2. The van der Waals surface area contributed by atoms with Crippen LogP contribution in [-0.4, -0.2) is 62.5 Å². The predicted molar refractivity (Wildman–Crippen MR) is 116 cm³/mol. The maximum atomic E-state index is 12.6. The van der Waals surface area contributed by atoms with Crippen molar-refractivity contribution >= 4 is 71.2 Å². The van der Waals surface area contributed by atoms with Gasteiger partial charge in [-0.2, -0.15) is 12.6 Å². The van der Waals surface area contributed by atoms with Gasteiger partial charge in [-0.05, 0) is 18.6 Å². The Kier molecular flexibility index (Phi) is 11.1. The van der Waals surface area contributed by atoms with Crippen molar-refractivity contribution in [1.29, 1.82) is 0 Å². The number of H-pyrrole nitrogens is 1. The Hall–Kier alpha value is -1.74. The molecule has 5 N–H and O–H groups in total. The van der Waals surface area contributed by atoms with E-state index in [-0.39, 0.29) is 29.0 Å². The van der Waals surface area contributed by atoms with Crippen LogP contribution in [0, 0.1) is 4.64 Å². The fourth-order valence-corrected chi connectivity index (χ4v) is 3.15. The predicted octanol–water partition coefficient (Wildman–Crippen LogP) is 0.578. The van der Waals surface area contributed by atoms with Crippen LogP contribution >= 0.6 is 47.5 Å². The van der Waals surface area contributed by atoms with E-state index in [2.05, 4.69) is 34.6 Å². The first-order valence-corrected chi connectivity index (χ1v) is 11.0. The number of hydrogen-bond acceptors (Lipinski definition) is 10. The Morgan fingerprint density at radius 2 is 2.10 bits per heavy atom. The molecule has 0 aliphatic carbocycles. The van der Waals surface area contributed by atoms with Crippen LogP contribution in [0.1, 0.15) is 12.8 Å². The number of carboxylic acid groups (broad SMARTS) is 1. The summed E-state index contributed by atoms with van der Waals surface area (Å²) in [6.45, 7) is -0.458. The number of nitrogens with one attached hydrogen (secondary N) is 2. The number of hydrogen-bond donors (Lipinski definition) is 6. The molecular weight excluding hydrogens is 460 g/mol. The lowest BCUT2D eigenvalue weighted by Crippen LogP contribution is -2.49. The lowest BCUT2D eigenvalue weighted by Gasteiger charge is -2.23. The highest BCUT2D eigenvalue weighted by Crippen LogP contribution is 2.17. The number of aromatic amines is 1. The summed E-state index contributed by atoms with van der Waals surface area (Å²) in [4.78, 5) is 50.0. The largest absolute Gasteiger partial charge is 0.480 e. The standard InChI is InChI=1S/C15H20N4O6S4/c16-8(15(23)24)3-4-11(20)18-9(7-26)14(22)19(29-28)6-12(21)25-10-2-1-5-17-13(10)27/h1-2,5,8-9,26,28H,3-4,6-7,16H2,(H,17,27)(H,18,20)(H,23,24). The number of nitrogens with two attached hydrogens (primary N) is 1. The van der Waals surface area contributed by atoms with Gasteiger partial charge in [0.2, 0.25) is 5.91 Å². The van der Waals surface area contributed by atoms with Crippen molar-refractivity contribution in [3.8, 4) is 5.75 Å². The molecule has 2 atom stereocenters. The fourth-order valence-electron chi connectivity index (χ4n) is 1.94. The summed E-state index contributed by atoms with van der Waals surface area (Å²) in [5.74, 6) is -3.11. The number of carbonyl (C=O) groups is 4. The van der Waals surface area contributed by atoms with Crippen molar-refractivity contribution in [1.82, 2.24) is 14.6 Å². The number of pyridine rings is 1. The molecule has 0 fully saturated rings. The first kappa shape index (κ1) is 25.3. The van der Waals surface area contributed by atoms with Crippen LogP contribution in [0.15, 0.2) is 18.3 Å². The zero-order valence-electron chi connectivity index (χ0n) is 14.9. The van der Waals surface area contributed by atoms with Gasteiger partial charge in [-0.15, -0.1) is 0 Å². The fraction of sp³-hybridized carbons (Fsp3) is 0.400. The summed E-state index contributed by atoms with van der Waals surface area (Å²) in [6.07, 6.45) is 1.29. The van der Waals surface area contributed by atoms with E-state index in [1.165, 1.54) is 6.07 Å². The molecule has 10 nitrogen and oxygen atoms in total. The molecule has 0 aromatic carbocycles. The molecule has 160 valence electrons. The Morgan fingerprint density at radius 1 is 1.41 bits per heavy atom. The van der Waals surface area contributed by atoms with Gasteiger partial charge in [0.15, 0.2) is 5.75 Å². The van der Waals surface area contributed by atoms with Crippen LogP contribution in [0.5, 0.6) is 5.75 Å². The first-order chi connectivity index (χ1) is 13.7. The van der Waals surface area contributed by atoms with Gasteiger partial charge in [-0.25, -0.2) is 4.79 Å². The smallest absolute Gasteiger partial charge is 0.332 e. The number of amides is 2. The van der Waals surface area contributed by atoms with Crippen molar-refractivity contribution < 1.29 is 29.0 Å². The maximum Gasteiger partial charge on any atom is 0.332 e. The number of ether oxygens (including phenoxy) is 1. The molecule has 0 bridgehead atoms. The summed E-state index contributed by atoms with van der Waals surface area (Å²) >= 11 is 13.0. The van der Waals surface area contributed by atoms with Crippen LogP contribution in [-0.2, 0) is 19.2 Å². The molecule has 0 saturated carbocycles. The zero-order chi connectivity index (χ0) is 22.0. The van der Waals surface area contributed by atoms with Gasteiger partial charge in [0.05, 0.1) is 0 Å². The van der Waals surface area contributed by atoms with Gasteiger partial charge >= 0.3 is 11.9 Å². The number of carbonyl (C=O) groups excluding carboxylic acids is 3. The lowest BCUT2D eigenvalue weighted by molar-refractivity contribution is -0.139. The van der Waals surface area contributed by atoms with E-state index >= 15 is 0 Å². The molecule has 1 aromatic rings. The summed E-state index contributed by atoms with van der Waals surface area (Å²) < 4.78 is 6.33. The SMILES string of the molecule is NC(CCC(=O)NC(CS)C(=O)N(CC(=O)Oc1ccc[nH]c1=S)SS)C(=O)O. The highest BCUT2D eigenvalue weighted by molar-refractivity contribution is 8.67.